The Bertz CT molecular complexity index is 1110. The van der Waals surface area contributed by atoms with Crippen molar-refractivity contribution >= 4 is 11.6 Å². The summed E-state index contributed by atoms with van der Waals surface area (Å²) in [7, 11) is 0. The van der Waals surface area contributed by atoms with Crippen LogP contribution in [0.3, 0.4) is 0 Å². The maximum absolute atomic E-state index is 12.5. The molecule has 0 bridgehead atoms. The predicted octanol–water partition coefficient (Wildman–Crippen LogP) is 3.17. The van der Waals surface area contributed by atoms with Crippen LogP contribution in [0.2, 0.25) is 0 Å². The number of phenols is 1. The molecule has 0 spiro atoms. The third-order valence-electron chi connectivity index (χ3n) is 4.52. The van der Waals surface area contributed by atoms with E-state index < -0.39 is 6.10 Å². The second kappa shape index (κ2) is 7.54. The van der Waals surface area contributed by atoms with Crippen molar-refractivity contribution in [2.75, 3.05) is 6.54 Å². The number of rotatable bonds is 5. The summed E-state index contributed by atoms with van der Waals surface area (Å²) in [6, 6.07) is 19.6. The third kappa shape index (κ3) is 3.72. The molecule has 140 valence electrons. The lowest BCUT2D eigenvalue weighted by Crippen LogP contribution is -2.28. The van der Waals surface area contributed by atoms with Crippen molar-refractivity contribution in [3.63, 3.8) is 0 Å². The summed E-state index contributed by atoms with van der Waals surface area (Å²) in [5, 5.41) is 22.2. The summed E-state index contributed by atoms with van der Waals surface area (Å²) < 4.78 is 1.81. The average molecular weight is 373 g/mol. The molecule has 1 amide bonds. The molecule has 2 aromatic carbocycles. The van der Waals surface area contributed by atoms with Crippen LogP contribution in [0.15, 0.2) is 79.1 Å². The monoisotopic (exact) mass is 373 g/mol. The van der Waals surface area contributed by atoms with Crippen LogP contribution < -0.4 is 5.32 Å². The van der Waals surface area contributed by atoms with E-state index in [-0.39, 0.29) is 18.2 Å². The van der Waals surface area contributed by atoms with Crippen LogP contribution in [0.1, 0.15) is 22.0 Å². The van der Waals surface area contributed by atoms with E-state index >= 15 is 0 Å². The number of benzene rings is 2. The maximum Gasteiger partial charge on any atom is 0.252 e. The molecule has 0 radical (unpaired) electrons. The largest absolute Gasteiger partial charge is 0.508 e. The van der Waals surface area contributed by atoms with Crippen LogP contribution in [0.4, 0.5) is 0 Å². The number of imidazole rings is 1. The van der Waals surface area contributed by atoms with E-state index in [4.69, 9.17) is 0 Å². The molecule has 0 aliphatic heterocycles. The molecular weight excluding hydrogens is 354 g/mol. The van der Waals surface area contributed by atoms with Gasteiger partial charge < -0.3 is 19.9 Å². The summed E-state index contributed by atoms with van der Waals surface area (Å²) >= 11 is 0. The minimum atomic E-state index is -0.855. The molecule has 6 heteroatoms. The van der Waals surface area contributed by atoms with Crippen LogP contribution >= 0.6 is 0 Å². The van der Waals surface area contributed by atoms with Crippen molar-refractivity contribution in [3.8, 4) is 17.0 Å². The average Bonchev–Trinajstić information content (AvgIpc) is 3.16. The lowest BCUT2D eigenvalue weighted by atomic mass is 10.1. The first kappa shape index (κ1) is 17.8. The van der Waals surface area contributed by atoms with Crippen molar-refractivity contribution in [1.82, 2.24) is 14.7 Å². The third-order valence-corrected chi connectivity index (χ3v) is 4.52. The predicted molar refractivity (Wildman–Crippen MR) is 106 cm³/mol. The zero-order valence-corrected chi connectivity index (χ0v) is 15.0. The highest BCUT2D eigenvalue weighted by atomic mass is 16.3. The van der Waals surface area contributed by atoms with E-state index in [1.54, 1.807) is 30.5 Å². The number of fused-ring (bicyclic) bond motifs is 1. The highest BCUT2D eigenvalue weighted by Crippen LogP contribution is 2.19. The lowest BCUT2D eigenvalue weighted by Gasteiger charge is -2.12. The summed E-state index contributed by atoms with van der Waals surface area (Å²) in [6.45, 7) is 0.0703. The quantitative estimate of drug-likeness (QED) is 0.501. The van der Waals surface area contributed by atoms with E-state index in [1.807, 2.05) is 40.9 Å². The number of carbonyl (C=O) groups excluding carboxylic acids is 1. The fourth-order valence-electron chi connectivity index (χ4n) is 2.98. The number of aliphatic hydroxyl groups excluding tert-OH is 1. The molecule has 0 saturated carbocycles. The number of hydrogen-bond acceptors (Lipinski definition) is 4. The van der Waals surface area contributed by atoms with E-state index in [1.165, 1.54) is 12.1 Å². The van der Waals surface area contributed by atoms with Gasteiger partial charge in [-0.25, -0.2) is 4.98 Å². The van der Waals surface area contributed by atoms with Gasteiger partial charge in [0.05, 0.1) is 17.4 Å². The zero-order valence-electron chi connectivity index (χ0n) is 15.0. The van der Waals surface area contributed by atoms with Crippen molar-refractivity contribution in [1.29, 1.82) is 0 Å². The minimum absolute atomic E-state index is 0.0703. The Hall–Kier alpha value is -3.64. The van der Waals surface area contributed by atoms with E-state index in [0.29, 0.717) is 11.1 Å². The molecule has 0 saturated heterocycles. The van der Waals surface area contributed by atoms with Crippen LogP contribution in [0, 0.1) is 0 Å². The SMILES string of the molecule is O=C(NC[C@@H](O)c1ccc(O)cc1)c1ccc2nc(-c3ccccc3)cn2c1. The van der Waals surface area contributed by atoms with E-state index in [9.17, 15) is 15.0 Å². The number of nitrogens with zero attached hydrogens (tertiary/aromatic N) is 2. The van der Waals surface area contributed by atoms with E-state index in [2.05, 4.69) is 10.3 Å². The first-order valence-electron chi connectivity index (χ1n) is 8.89. The molecule has 28 heavy (non-hydrogen) atoms. The normalized spacial score (nSPS) is 12.0. The molecular formula is C22H19N3O3. The topological polar surface area (TPSA) is 86.9 Å². The van der Waals surface area contributed by atoms with Gasteiger partial charge in [0.25, 0.3) is 5.91 Å². The number of phenolic OH excluding ortho intramolecular Hbond substituents is 1. The number of aromatic nitrogens is 2. The first-order valence-corrected chi connectivity index (χ1v) is 8.89. The smallest absolute Gasteiger partial charge is 0.252 e. The molecule has 0 aliphatic rings. The van der Waals surface area contributed by atoms with E-state index in [0.717, 1.165) is 16.9 Å². The Balaban J connectivity index is 1.47. The highest BCUT2D eigenvalue weighted by Gasteiger charge is 2.12. The highest BCUT2D eigenvalue weighted by molar-refractivity contribution is 5.94. The van der Waals surface area contributed by atoms with Gasteiger partial charge in [0.15, 0.2) is 0 Å². The molecule has 4 rings (SSSR count). The molecule has 4 aromatic rings. The number of aromatic hydroxyl groups is 1. The molecule has 6 nitrogen and oxygen atoms in total. The minimum Gasteiger partial charge on any atom is -0.508 e. The van der Waals surface area contributed by atoms with Gasteiger partial charge in [-0.1, -0.05) is 42.5 Å². The molecule has 0 aliphatic carbocycles. The number of carbonyl (C=O) groups is 1. The fourth-order valence-corrected chi connectivity index (χ4v) is 2.98. The summed E-state index contributed by atoms with van der Waals surface area (Å²) in [5.74, 6) is -0.154. The number of pyridine rings is 1. The zero-order chi connectivity index (χ0) is 19.5. The van der Waals surface area contributed by atoms with Crippen LogP contribution in [-0.4, -0.2) is 32.0 Å². The van der Waals surface area contributed by atoms with Gasteiger partial charge in [0.2, 0.25) is 0 Å². The van der Waals surface area contributed by atoms with Crippen LogP contribution in [-0.2, 0) is 0 Å². The van der Waals surface area contributed by atoms with Gasteiger partial charge in [-0.15, -0.1) is 0 Å². The van der Waals surface area contributed by atoms with Gasteiger partial charge >= 0.3 is 0 Å². The van der Waals surface area contributed by atoms with Gasteiger partial charge in [0, 0.05) is 24.5 Å². The summed E-state index contributed by atoms with van der Waals surface area (Å²) in [4.78, 5) is 17.0. The maximum atomic E-state index is 12.5. The number of amides is 1. The van der Waals surface area contributed by atoms with Gasteiger partial charge in [-0.2, -0.15) is 0 Å². The van der Waals surface area contributed by atoms with Gasteiger partial charge in [-0.3, -0.25) is 4.79 Å². The Morgan fingerprint density at radius 1 is 1.00 bits per heavy atom. The Labute approximate surface area is 161 Å². The van der Waals surface area contributed by atoms with Crippen LogP contribution in [0.5, 0.6) is 5.75 Å². The Kier molecular flexibility index (Phi) is 4.78. The number of aliphatic hydroxyl groups is 1. The van der Waals surface area contributed by atoms with Gasteiger partial charge in [-0.05, 0) is 29.8 Å². The van der Waals surface area contributed by atoms with Crippen molar-refractivity contribution in [2.24, 2.45) is 0 Å². The molecule has 0 unspecified atom stereocenters. The van der Waals surface area contributed by atoms with Crippen molar-refractivity contribution in [2.45, 2.75) is 6.10 Å². The Morgan fingerprint density at radius 2 is 1.75 bits per heavy atom. The van der Waals surface area contributed by atoms with Crippen LogP contribution in [0.25, 0.3) is 16.9 Å². The second-order valence-corrected chi connectivity index (χ2v) is 6.49. The lowest BCUT2D eigenvalue weighted by molar-refractivity contribution is 0.0916. The molecule has 2 heterocycles. The molecule has 0 fully saturated rings. The Morgan fingerprint density at radius 3 is 2.50 bits per heavy atom. The number of hydrogen-bond donors (Lipinski definition) is 3. The molecule has 1 atom stereocenters. The van der Waals surface area contributed by atoms with Gasteiger partial charge in [0.1, 0.15) is 11.4 Å². The van der Waals surface area contributed by atoms with Crippen molar-refractivity contribution in [3.05, 3.63) is 90.3 Å². The van der Waals surface area contributed by atoms with Crippen molar-refractivity contribution < 1.29 is 15.0 Å². The summed E-state index contributed by atoms with van der Waals surface area (Å²) in [5.41, 5.74) is 3.69. The first-order chi connectivity index (χ1) is 13.6. The second-order valence-electron chi connectivity index (χ2n) is 6.49. The molecule has 2 aromatic heterocycles. The molecule has 3 N–H and O–H groups in total. The number of nitrogens with one attached hydrogen (secondary N) is 1. The summed E-state index contributed by atoms with van der Waals surface area (Å²) in [6.07, 6.45) is 2.75. The fraction of sp³-hybridized carbons (Fsp3) is 0.0909. The standard InChI is InChI=1S/C22H19N3O3/c26-18-9-6-16(7-10-18)20(27)12-23-22(28)17-8-11-21-24-19(14-25(21)13-17)15-4-2-1-3-5-15/h1-11,13-14,20,26-27H,12H2,(H,23,28)/t20-/m1/s1.